The van der Waals surface area contributed by atoms with Crippen LogP contribution in [0.25, 0.3) is 5.57 Å². The van der Waals surface area contributed by atoms with Crippen molar-refractivity contribution in [1.29, 1.82) is 0 Å². The number of hydrogen-bond acceptors (Lipinski definition) is 3. The van der Waals surface area contributed by atoms with Crippen LogP contribution in [0, 0.1) is 5.92 Å². The molecule has 2 amide bonds. The monoisotopic (exact) mass is 476 g/mol. The van der Waals surface area contributed by atoms with Crippen LogP contribution in [0.3, 0.4) is 0 Å². The van der Waals surface area contributed by atoms with Gasteiger partial charge in [0, 0.05) is 13.1 Å². The summed E-state index contributed by atoms with van der Waals surface area (Å²) in [6.07, 6.45) is 6.64. The molecule has 0 spiro atoms. The maximum absolute atomic E-state index is 11.8. The number of aromatic hydroxyl groups is 1. The van der Waals surface area contributed by atoms with E-state index >= 15 is 0 Å². The Labute approximate surface area is 210 Å². The van der Waals surface area contributed by atoms with Gasteiger partial charge in [-0.3, -0.25) is 0 Å². The smallest absolute Gasteiger partial charge is 0.315 e. The molecule has 2 atom stereocenters. The van der Waals surface area contributed by atoms with Crippen LogP contribution < -0.4 is 10.5 Å². The van der Waals surface area contributed by atoms with Crippen LogP contribution in [-0.4, -0.2) is 34.7 Å². The van der Waals surface area contributed by atoms with Gasteiger partial charge in [-0.05, 0) is 79.4 Å². The number of phenols is 1. The van der Waals surface area contributed by atoms with Crippen molar-refractivity contribution in [2.75, 3.05) is 13.1 Å². The van der Waals surface area contributed by atoms with E-state index in [0.717, 1.165) is 35.1 Å². The Balaban J connectivity index is 1.44. The average Bonchev–Trinajstić information content (AvgIpc) is 2.82. The zero-order valence-electron chi connectivity index (χ0n) is 21.6. The number of aryl methyl sites for hydroxylation is 1. The van der Waals surface area contributed by atoms with E-state index < -0.39 is 11.6 Å². The van der Waals surface area contributed by atoms with Crippen molar-refractivity contribution in [3.8, 4) is 11.5 Å². The van der Waals surface area contributed by atoms with E-state index in [9.17, 15) is 9.90 Å². The number of hydrogen-bond donors (Lipinski definition) is 2. The number of amides is 2. The number of nitrogens with two attached hydrogens (primary N) is 1. The van der Waals surface area contributed by atoms with Gasteiger partial charge >= 0.3 is 6.03 Å². The molecule has 5 heteroatoms. The number of rotatable bonds is 8. The molecule has 35 heavy (non-hydrogen) atoms. The molecule has 0 saturated carbocycles. The number of phenolic OH excluding ortho intramolecular Hbond substituents is 1. The van der Waals surface area contributed by atoms with Crippen LogP contribution in [0.5, 0.6) is 11.5 Å². The lowest BCUT2D eigenvalue weighted by atomic mass is 9.79. The van der Waals surface area contributed by atoms with Crippen molar-refractivity contribution in [3.63, 3.8) is 0 Å². The van der Waals surface area contributed by atoms with Crippen LogP contribution in [0.1, 0.15) is 82.4 Å². The zero-order chi connectivity index (χ0) is 25.2. The van der Waals surface area contributed by atoms with Gasteiger partial charge in [-0.25, -0.2) is 4.79 Å². The Morgan fingerprint density at radius 2 is 1.89 bits per heavy atom. The van der Waals surface area contributed by atoms with Gasteiger partial charge in [0.1, 0.15) is 17.1 Å². The summed E-state index contributed by atoms with van der Waals surface area (Å²) in [5.74, 6) is 1.73. The van der Waals surface area contributed by atoms with Crippen molar-refractivity contribution >= 4 is 11.6 Å². The average molecular weight is 477 g/mol. The Bertz CT molecular complexity index is 1090. The third-order valence-electron chi connectivity index (χ3n) is 8.00. The van der Waals surface area contributed by atoms with Crippen LogP contribution in [0.2, 0.25) is 0 Å². The molecule has 188 valence electrons. The van der Waals surface area contributed by atoms with Gasteiger partial charge < -0.3 is 20.5 Å². The molecule has 0 bridgehead atoms. The molecular weight excluding hydrogens is 436 g/mol. The summed E-state index contributed by atoms with van der Waals surface area (Å²) >= 11 is 0. The molecule has 0 saturated heterocycles. The Kier molecular flexibility index (Phi) is 7.44. The Hall–Kier alpha value is -2.95. The minimum atomic E-state index is -0.481. The van der Waals surface area contributed by atoms with Gasteiger partial charge in [0.2, 0.25) is 0 Å². The van der Waals surface area contributed by atoms with E-state index in [4.69, 9.17) is 10.5 Å². The van der Waals surface area contributed by atoms with E-state index in [-0.39, 0.29) is 5.75 Å². The summed E-state index contributed by atoms with van der Waals surface area (Å²) in [5, 5.41) is 11.1. The highest BCUT2D eigenvalue weighted by Gasteiger charge is 2.39. The highest BCUT2D eigenvalue weighted by molar-refractivity contribution is 5.85. The summed E-state index contributed by atoms with van der Waals surface area (Å²) in [5.41, 5.74) is 10.4. The molecule has 0 radical (unpaired) electrons. The van der Waals surface area contributed by atoms with Crippen molar-refractivity contribution < 1.29 is 14.6 Å². The van der Waals surface area contributed by atoms with Gasteiger partial charge in [0.15, 0.2) is 0 Å². The van der Waals surface area contributed by atoms with Gasteiger partial charge in [-0.15, -0.1) is 0 Å². The first-order valence-electron chi connectivity index (χ1n) is 13.0. The molecule has 3 N–H and O–H groups in total. The highest BCUT2D eigenvalue weighted by Crippen LogP contribution is 2.49. The first-order chi connectivity index (χ1) is 16.7. The first-order valence-corrected chi connectivity index (χ1v) is 13.0. The lowest BCUT2D eigenvalue weighted by molar-refractivity contribution is 0.131. The van der Waals surface area contributed by atoms with E-state index in [1.807, 2.05) is 6.07 Å². The summed E-state index contributed by atoms with van der Waals surface area (Å²) in [7, 11) is 0. The predicted octanol–water partition coefficient (Wildman–Crippen LogP) is 6.64. The van der Waals surface area contributed by atoms with Crippen molar-refractivity contribution in [2.45, 2.75) is 77.7 Å². The molecule has 2 aromatic rings. The van der Waals surface area contributed by atoms with Gasteiger partial charge in [-0.1, -0.05) is 63.4 Å². The zero-order valence-corrected chi connectivity index (χ0v) is 21.6. The number of urea groups is 1. The molecule has 2 aliphatic rings. The molecule has 4 rings (SSSR count). The molecule has 2 aromatic carbocycles. The second-order valence-corrected chi connectivity index (χ2v) is 10.8. The third kappa shape index (κ3) is 5.50. The third-order valence-corrected chi connectivity index (χ3v) is 8.00. The number of ether oxygens (including phenoxy) is 1. The van der Waals surface area contributed by atoms with Gasteiger partial charge in [0.05, 0.1) is 5.56 Å². The fourth-order valence-corrected chi connectivity index (χ4v) is 5.65. The quantitative estimate of drug-likeness (QED) is 0.419. The Morgan fingerprint density at radius 1 is 1.14 bits per heavy atom. The molecule has 0 fully saturated rings. The molecule has 5 nitrogen and oxygen atoms in total. The fraction of sp³-hybridized carbons (Fsp3) is 0.500. The second-order valence-electron chi connectivity index (χ2n) is 10.8. The number of primary amides is 1. The summed E-state index contributed by atoms with van der Waals surface area (Å²) in [6, 6.07) is 14.3. The molecular formula is C30H40N2O3. The molecule has 2 heterocycles. The maximum atomic E-state index is 11.8. The summed E-state index contributed by atoms with van der Waals surface area (Å²) < 4.78 is 6.44. The number of benzene rings is 2. The first kappa shape index (κ1) is 25.2. The normalized spacial score (nSPS) is 18.3. The standard InChI is InChI=1S/C30H40N2O3/c1-20(11-7-5-8-12-22-13-9-6-10-14-22)21(2)23-17-26(33)28-24-19-32(29(31)34)16-15-25(24)30(3,4)35-27(28)18-23/h6,9-10,13-14,17-18,20-21,33H,5,7-8,11-12,15-16,19H2,1-4H3,(H2,31,34). The molecule has 0 aromatic heterocycles. The summed E-state index contributed by atoms with van der Waals surface area (Å²) in [6.45, 7) is 9.66. The lowest BCUT2D eigenvalue weighted by Gasteiger charge is -2.42. The highest BCUT2D eigenvalue weighted by atomic mass is 16.5. The van der Waals surface area contributed by atoms with Crippen molar-refractivity contribution in [3.05, 3.63) is 64.7 Å². The number of carbonyl (C=O) groups is 1. The van der Waals surface area contributed by atoms with Crippen LogP contribution in [0.4, 0.5) is 4.79 Å². The van der Waals surface area contributed by atoms with Crippen LogP contribution in [-0.2, 0) is 6.42 Å². The van der Waals surface area contributed by atoms with Crippen LogP contribution >= 0.6 is 0 Å². The molecule has 2 aliphatic heterocycles. The fourth-order valence-electron chi connectivity index (χ4n) is 5.65. The molecule has 2 unspecified atom stereocenters. The SMILES string of the molecule is CC(CCCCCc1ccccc1)C(C)c1cc(O)c2c(c1)OC(C)(C)C1=C2CN(C(N)=O)CC1. The lowest BCUT2D eigenvalue weighted by Crippen LogP contribution is -2.45. The second kappa shape index (κ2) is 10.3. The predicted molar refractivity (Wildman–Crippen MR) is 142 cm³/mol. The van der Waals surface area contributed by atoms with Crippen molar-refractivity contribution in [2.24, 2.45) is 11.7 Å². The number of carbonyl (C=O) groups excluding carboxylic acids is 1. The minimum absolute atomic E-state index is 0.230. The van der Waals surface area contributed by atoms with E-state index in [0.29, 0.717) is 37.1 Å². The van der Waals surface area contributed by atoms with E-state index in [1.54, 1.807) is 4.90 Å². The topological polar surface area (TPSA) is 75.8 Å². The van der Waals surface area contributed by atoms with Gasteiger partial charge in [-0.2, -0.15) is 0 Å². The maximum Gasteiger partial charge on any atom is 0.315 e. The minimum Gasteiger partial charge on any atom is -0.507 e. The number of unbranched alkanes of at least 4 members (excludes halogenated alkanes) is 2. The van der Waals surface area contributed by atoms with Crippen LogP contribution in [0.15, 0.2) is 48.0 Å². The molecule has 0 aliphatic carbocycles. The van der Waals surface area contributed by atoms with E-state index in [1.165, 1.54) is 24.8 Å². The summed E-state index contributed by atoms with van der Waals surface area (Å²) in [4.78, 5) is 13.5. The number of fused-ring (bicyclic) bond motifs is 2. The number of nitrogens with zero attached hydrogens (tertiary/aromatic N) is 1. The Morgan fingerprint density at radius 3 is 2.60 bits per heavy atom. The van der Waals surface area contributed by atoms with Gasteiger partial charge in [0.25, 0.3) is 0 Å². The van der Waals surface area contributed by atoms with Crippen molar-refractivity contribution in [1.82, 2.24) is 4.90 Å². The van der Waals surface area contributed by atoms with E-state index in [2.05, 4.69) is 64.1 Å². The largest absolute Gasteiger partial charge is 0.507 e.